The van der Waals surface area contributed by atoms with Crippen LogP contribution in [0.2, 0.25) is 0 Å². The number of ether oxygens (including phenoxy) is 2. The summed E-state index contributed by atoms with van der Waals surface area (Å²) in [6.45, 7) is 37.1. The van der Waals surface area contributed by atoms with Crippen LogP contribution in [0.1, 0.15) is 187 Å². The van der Waals surface area contributed by atoms with E-state index in [1.165, 1.54) is 64.9 Å². The Morgan fingerprint density at radius 3 is 1.46 bits per heavy atom. The summed E-state index contributed by atoms with van der Waals surface area (Å²) in [4.78, 5) is 25.6. The van der Waals surface area contributed by atoms with Gasteiger partial charge in [-0.2, -0.15) is 15.3 Å². The SMILES string of the molecule is CC(C)(C)C(=O)c1ccc(C2=C3C(C=NN2)C2CC(C(=O)C(C)(C)C)C3C2)cc1.CC(C)NCC1CC2CC1C1=C(c3ccc(CNC(C)(C)C)cc3)NN=CC12.CC(C)OCC1CC2CC1C1=C(c3ccc(COC(C)(C)C)cc3)NN=CC12. The summed E-state index contributed by atoms with van der Waals surface area (Å²) in [5.41, 5.74) is 24.1. The fourth-order valence-corrected chi connectivity index (χ4v) is 15.4. The lowest BCUT2D eigenvalue weighted by molar-refractivity contribution is -0.131. The monoisotopic (exact) mass is 1150 g/mol. The third-order valence-corrected chi connectivity index (χ3v) is 19.6. The molecule has 3 heterocycles. The zero-order chi connectivity index (χ0) is 60.9. The van der Waals surface area contributed by atoms with Gasteiger partial charge in [0.2, 0.25) is 0 Å². The average Bonchev–Trinajstić information content (AvgIpc) is 1.87. The summed E-state index contributed by atoms with van der Waals surface area (Å²) in [5, 5.41) is 20.7. The first-order chi connectivity index (χ1) is 40.1. The predicted octanol–water partition coefficient (Wildman–Crippen LogP) is 14.2. The molecule has 6 fully saturated rings. The molecule has 3 aliphatic heterocycles. The first-order valence-corrected chi connectivity index (χ1v) is 32.3. The van der Waals surface area contributed by atoms with Crippen molar-refractivity contribution in [1.82, 2.24) is 26.9 Å². The van der Waals surface area contributed by atoms with E-state index in [-0.39, 0.29) is 28.3 Å². The minimum atomic E-state index is -0.396. The Morgan fingerprint density at radius 2 is 1.00 bits per heavy atom. The minimum Gasteiger partial charge on any atom is -0.378 e. The second-order valence-electron chi connectivity index (χ2n) is 31.0. The number of carbonyl (C=O) groups is 2. The van der Waals surface area contributed by atoms with Crippen LogP contribution in [0.25, 0.3) is 17.1 Å². The summed E-state index contributed by atoms with van der Waals surface area (Å²) >= 11 is 0. The van der Waals surface area contributed by atoms with E-state index in [2.05, 4.69) is 172 Å². The fraction of sp³-hybridized carbons (Fsp3) is 0.603. The van der Waals surface area contributed by atoms with Crippen molar-refractivity contribution in [3.05, 3.63) is 123 Å². The number of hydrogen-bond donors (Lipinski definition) is 5. The molecule has 12 rings (SSSR count). The molecule has 3 aromatic carbocycles. The highest BCUT2D eigenvalue weighted by atomic mass is 16.5. The van der Waals surface area contributed by atoms with Crippen molar-refractivity contribution in [2.75, 3.05) is 13.2 Å². The van der Waals surface area contributed by atoms with Crippen LogP contribution in [0.5, 0.6) is 0 Å². The van der Waals surface area contributed by atoms with E-state index in [0.717, 1.165) is 67.1 Å². The van der Waals surface area contributed by atoms with Gasteiger partial charge in [0.1, 0.15) is 5.78 Å². The van der Waals surface area contributed by atoms with Gasteiger partial charge in [-0.15, -0.1) is 0 Å². The Balaban J connectivity index is 0.000000142. The normalized spacial score (nSPS) is 28.6. The quantitative estimate of drug-likeness (QED) is 0.0938. The Morgan fingerprint density at radius 1 is 0.553 bits per heavy atom. The van der Waals surface area contributed by atoms with Gasteiger partial charge >= 0.3 is 0 Å². The van der Waals surface area contributed by atoms with Gasteiger partial charge < -0.3 is 20.1 Å². The second kappa shape index (κ2) is 24.9. The van der Waals surface area contributed by atoms with Crippen molar-refractivity contribution in [2.45, 2.75) is 186 Å². The molecule has 6 aliphatic carbocycles. The first-order valence-electron chi connectivity index (χ1n) is 32.3. The molecule has 6 bridgehead atoms. The number of fused-ring (bicyclic) bond motifs is 15. The highest BCUT2D eigenvalue weighted by molar-refractivity contribution is 6.00. The van der Waals surface area contributed by atoms with E-state index in [4.69, 9.17) is 9.47 Å². The topological polar surface area (TPSA) is 150 Å². The molecule has 85 heavy (non-hydrogen) atoms. The maximum Gasteiger partial charge on any atom is 0.168 e. The maximum atomic E-state index is 13.1. The van der Waals surface area contributed by atoms with Crippen LogP contribution < -0.4 is 26.9 Å². The van der Waals surface area contributed by atoms with Crippen molar-refractivity contribution in [2.24, 2.45) is 97.1 Å². The molecule has 0 saturated heterocycles. The summed E-state index contributed by atoms with van der Waals surface area (Å²) in [6, 6.07) is 26.2. The second-order valence-corrected chi connectivity index (χ2v) is 31.0. The van der Waals surface area contributed by atoms with Gasteiger partial charge in [-0.1, -0.05) is 128 Å². The van der Waals surface area contributed by atoms with E-state index >= 15 is 0 Å². The number of nitrogens with one attached hydrogen (secondary N) is 5. The number of hydrogen-bond acceptors (Lipinski definition) is 12. The van der Waals surface area contributed by atoms with E-state index in [0.29, 0.717) is 71.9 Å². The molecule has 9 aliphatic rings. The van der Waals surface area contributed by atoms with Crippen LogP contribution in [0.3, 0.4) is 0 Å². The van der Waals surface area contributed by atoms with Crippen LogP contribution in [0.15, 0.2) is 105 Å². The molecule has 12 atom stereocenters. The molecule has 12 nitrogen and oxygen atoms in total. The van der Waals surface area contributed by atoms with E-state index in [9.17, 15) is 9.59 Å². The average molecular weight is 1160 g/mol. The molecule has 12 unspecified atom stereocenters. The van der Waals surface area contributed by atoms with Gasteiger partial charge in [-0.3, -0.25) is 25.9 Å². The van der Waals surface area contributed by atoms with Gasteiger partial charge in [-0.05, 0) is 192 Å². The number of rotatable bonds is 15. The predicted molar refractivity (Wildman–Crippen MR) is 348 cm³/mol. The standard InChI is InChI=1S/C25H32N2O2.C24H36N4.C24H34N2O2/c1-24(2,3)22(28)15-9-7-14(8-10-15)21-20-17-11-16(19(20)13-26-27-21)12-18(17)23(29)25(4,5)6;1-15(2)25-13-19-10-18-11-20(19)22-21(18)14-27-28-23(22)17-8-6-16(7-9-17)12-26-24(3,4)5;1-15(2)27-14-19-10-18-11-20(19)22-21(18)12-25-26-23(22)17-8-6-16(7-9-17)13-28-24(3,4)5/h7-10,13,16-19,27H,11-12H2,1-6H3;6-9,14-15,18-21,25-26,28H,10-13H2,1-5H3;6-9,12,15,18-21,26H,10-11,13-14H2,1-5H3. The van der Waals surface area contributed by atoms with E-state index < -0.39 is 5.41 Å². The Bertz CT molecular complexity index is 2950. The third kappa shape index (κ3) is 14.1. The zero-order valence-corrected chi connectivity index (χ0v) is 54.3. The zero-order valence-electron chi connectivity index (χ0n) is 54.3. The Kier molecular flexibility index (Phi) is 18.3. The minimum absolute atomic E-state index is 0.108. The summed E-state index contributed by atoms with van der Waals surface area (Å²) < 4.78 is 11.9. The molecule has 12 heteroatoms. The molecule has 0 aromatic heterocycles. The number of benzene rings is 3. The van der Waals surface area contributed by atoms with Crippen LogP contribution in [0.4, 0.5) is 0 Å². The van der Waals surface area contributed by atoms with Gasteiger partial charge in [-0.25, -0.2) is 0 Å². The molecule has 0 radical (unpaired) electrons. The first kappa shape index (κ1) is 62.5. The molecule has 458 valence electrons. The van der Waals surface area contributed by atoms with Crippen molar-refractivity contribution in [3.8, 4) is 0 Å². The van der Waals surface area contributed by atoms with Gasteiger partial charge in [0.05, 0.1) is 42.0 Å². The van der Waals surface area contributed by atoms with Crippen molar-refractivity contribution in [3.63, 3.8) is 0 Å². The summed E-state index contributed by atoms with van der Waals surface area (Å²) in [7, 11) is 0. The van der Waals surface area contributed by atoms with Gasteiger partial charge in [0, 0.05) is 76.8 Å². The molecule has 5 N–H and O–H groups in total. The van der Waals surface area contributed by atoms with E-state index in [1.54, 1.807) is 11.1 Å². The molecule has 0 spiro atoms. The Hall–Kier alpha value is -5.53. The smallest absolute Gasteiger partial charge is 0.168 e. The van der Waals surface area contributed by atoms with Crippen LogP contribution in [-0.2, 0) is 27.4 Å². The molecule has 6 saturated carbocycles. The Labute approximate surface area is 509 Å². The fourth-order valence-electron chi connectivity index (χ4n) is 15.4. The molecular weight excluding hydrogens is 1050 g/mol. The third-order valence-electron chi connectivity index (χ3n) is 19.6. The number of ketones is 2. The van der Waals surface area contributed by atoms with Crippen molar-refractivity contribution >= 4 is 47.3 Å². The number of hydrazone groups is 3. The van der Waals surface area contributed by atoms with Crippen molar-refractivity contribution in [1.29, 1.82) is 0 Å². The maximum absolute atomic E-state index is 13.1. The highest BCUT2D eigenvalue weighted by Gasteiger charge is 2.55. The van der Waals surface area contributed by atoms with Crippen LogP contribution >= 0.6 is 0 Å². The van der Waals surface area contributed by atoms with Gasteiger partial charge in [0.15, 0.2) is 5.78 Å². The van der Waals surface area contributed by atoms with Gasteiger partial charge in [0.25, 0.3) is 0 Å². The number of carbonyl (C=O) groups excluding carboxylic acids is 2. The summed E-state index contributed by atoms with van der Waals surface area (Å²) in [5.74, 6) is 7.01. The number of allylic oxidation sites excluding steroid dienone is 3. The lowest BCUT2D eigenvalue weighted by Gasteiger charge is -2.35. The molecule has 3 aromatic rings. The lowest BCUT2D eigenvalue weighted by atomic mass is 9.70. The molecular formula is C73H102N8O4. The van der Waals surface area contributed by atoms with Crippen LogP contribution in [-0.4, -0.2) is 66.6 Å². The number of Topliss-reactive ketones (excluding diaryl/α,β-unsaturated/α-hetero) is 2. The van der Waals surface area contributed by atoms with Crippen LogP contribution in [0, 0.1) is 81.8 Å². The lowest BCUT2D eigenvalue weighted by Crippen LogP contribution is -2.36. The highest BCUT2D eigenvalue weighted by Crippen LogP contribution is 2.60. The van der Waals surface area contributed by atoms with E-state index in [1.807, 2.05) is 72.0 Å². The number of nitrogens with zero attached hydrogens (tertiary/aromatic N) is 3. The largest absolute Gasteiger partial charge is 0.378 e. The summed E-state index contributed by atoms with van der Waals surface area (Å²) in [6.07, 6.45) is 13.9. The molecule has 0 amide bonds. The van der Waals surface area contributed by atoms with Crippen molar-refractivity contribution < 1.29 is 19.1 Å².